The number of phenols is 2. The Balaban J connectivity index is 1.97. The summed E-state index contributed by atoms with van der Waals surface area (Å²) in [5, 5.41) is 33.7. The monoisotopic (exact) mass is 369 g/mol. The zero-order valence-electron chi connectivity index (χ0n) is 14.7. The number of aliphatic hydroxyl groups is 1. The summed E-state index contributed by atoms with van der Waals surface area (Å²) in [4.78, 5) is 26.1. The van der Waals surface area contributed by atoms with E-state index in [1.165, 1.54) is 25.3 Å². The van der Waals surface area contributed by atoms with Crippen LogP contribution in [0.25, 0.3) is 0 Å². The van der Waals surface area contributed by atoms with Crippen molar-refractivity contribution < 1.29 is 29.6 Å². The van der Waals surface area contributed by atoms with Crippen LogP contribution >= 0.6 is 0 Å². The van der Waals surface area contributed by atoms with Crippen molar-refractivity contribution in [1.29, 1.82) is 0 Å². The van der Waals surface area contributed by atoms with Gasteiger partial charge in [0, 0.05) is 17.2 Å². The van der Waals surface area contributed by atoms with E-state index < -0.39 is 17.3 Å². The lowest BCUT2D eigenvalue weighted by molar-refractivity contribution is 0.0973. The van der Waals surface area contributed by atoms with Crippen LogP contribution in [0.1, 0.15) is 61.9 Å². The Hall–Kier alpha value is -2.90. The molecule has 0 bridgehead atoms. The number of carbonyl (C=O) groups excluding carboxylic acids is 2. The van der Waals surface area contributed by atoms with Crippen molar-refractivity contribution in [1.82, 2.24) is 5.32 Å². The van der Waals surface area contributed by atoms with Crippen LogP contribution < -0.4 is 10.1 Å². The summed E-state index contributed by atoms with van der Waals surface area (Å²) in [5.41, 5.74) is 0.519. The number of hydrogen-bond donors (Lipinski definition) is 4. The second kappa shape index (κ2) is 6.37. The molecule has 1 atom stereocenters. The van der Waals surface area contributed by atoms with E-state index in [0.717, 1.165) is 19.4 Å². The molecule has 0 aromatic heterocycles. The molecule has 1 aliphatic heterocycles. The first-order chi connectivity index (χ1) is 13.0. The topological polar surface area (TPSA) is 116 Å². The van der Waals surface area contributed by atoms with Gasteiger partial charge in [0.05, 0.1) is 30.4 Å². The predicted molar refractivity (Wildman–Crippen MR) is 95.5 cm³/mol. The van der Waals surface area contributed by atoms with Gasteiger partial charge in [0.25, 0.3) is 0 Å². The molecular weight excluding hydrogens is 350 g/mol. The highest BCUT2D eigenvalue weighted by atomic mass is 16.5. The third kappa shape index (κ3) is 2.50. The second-order valence-corrected chi connectivity index (χ2v) is 6.77. The van der Waals surface area contributed by atoms with Gasteiger partial charge in [-0.15, -0.1) is 0 Å². The first-order valence-corrected chi connectivity index (χ1v) is 8.71. The molecule has 2 aromatic carbocycles. The smallest absolute Gasteiger partial charge is 0.201 e. The van der Waals surface area contributed by atoms with E-state index in [-0.39, 0.29) is 40.7 Å². The fraction of sp³-hybridized carbons (Fsp3) is 0.300. The standard InChI is InChI=1S/C20H19NO6/c1-27-14-7-11-16(20(26)17(14)12-3-2-4-21-12)19(25)15-10(18(11)24)5-9(8-22)6-13(15)23/h5-7,12,21-23,26H,2-4,8H2,1H3/t12-/m1/s1. The summed E-state index contributed by atoms with van der Waals surface area (Å²) in [6, 6.07) is 3.92. The average molecular weight is 369 g/mol. The van der Waals surface area contributed by atoms with Gasteiger partial charge in [-0.25, -0.2) is 0 Å². The van der Waals surface area contributed by atoms with Crippen molar-refractivity contribution in [2.75, 3.05) is 13.7 Å². The molecule has 1 aliphatic carbocycles. The lowest BCUT2D eigenvalue weighted by Crippen LogP contribution is -2.23. The molecule has 0 saturated carbocycles. The molecule has 1 heterocycles. The Morgan fingerprint density at radius 3 is 2.48 bits per heavy atom. The molecule has 1 saturated heterocycles. The highest BCUT2D eigenvalue weighted by molar-refractivity contribution is 6.30. The zero-order chi connectivity index (χ0) is 19.3. The minimum Gasteiger partial charge on any atom is -0.507 e. The molecule has 4 N–H and O–H groups in total. The molecule has 7 heteroatoms. The van der Waals surface area contributed by atoms with Crippen LogP contribution in [0.4, 0.5) is 0 Å². The number of ketones is 2. The summed E-state index contributed by atoms with van der Waals surface area (Å²) < 4.78 is 5.39. The number of carbonyl (C=O) groups is 2. The highest BCUT2D eigenvalue weighted by Gasteiger charge is 2.38. The molecule has 7 nitrogen and oxygen atoms in total. The number of aromatic hydroxyl groups is 2. The Bertz CT molecular complexity index is 975. The van der Waals surface area contributed by atoms with Crippen LogP contribution in [-0.4, -0.2) is 40.5 Å². The number of hydrogen-bond acceptors (Lipinski definition) is 7. The summed E-state index contributed by atoms with van der Waals surface area (Å²) >= 11 is 0. The van der Waals surface area contributed by atoms with Crippen LogP contribution in [0, 0.1) is 0 Å². The highest BCUT2D eigenvalue weighted by Crippen LogP contribution is 2.45. The number of aliphatic hydroxyl groups excluding tert-OH is 1. The molecule has 140 valence electrons. The minimum atomic E-state index is -0.624. The third-order valence-electron chi connectivity index (χ3n) is 5.23. The number of phenolic OH excluding ortho intramolecular Hbond substituents is 2. The van der Waals surface area contributed by atoms with E-state index >= 15 is 0 Å². The van der Waals surface area contributed by atoms with Gasteiger partial charge >= 0.3 is 0 Å². The first kappa shape index (κ1) is 17.5. The Morgan fingerprint density at radius 1 is 1.11 bits per heavy atom. The maximum Gasteiger partial charge on any atom is 0.201 e. The van der Waals surface area contributed by atoms with E-state index in [4.69, 9.17) is 4.74 Å². The molecule has 4 rings (SSSR count). The summed E-state index contributed by atoms with van der Waals surface area (Å²) in [6.45, 7) is 0.404. The van der Waals surface area contributed by atoms with Crippen LogP contribution in [-0.2, 0) is 6.61 Å². The largest absolute Gasteiger partial charge is 0.507 e. The molecule has 2 aliphatic rings. The Labute approximate surface area is 155 Å². The van der Waals surface area contributed by atoms with Crippen molar-refractivity contribution in [2.24, 2.45) is 0 Å². The molecule has 0 unspecified atom stereocenters. The summed E-state index contributed by atoms with van der Waals surface area (Å²) in [5.74, 6) is -1.49. The average Bonchev–Trinajstić information content (AvgIpc) is 3.18. The first-order valence-electron chi connectivity index (χ1n) is 8.71. The van der Waals surface area contributed by atoms with Crippen molar-refractivity contribution in [3.8, 4) is 17.2 Å². The lowest BCUT2D eigenvalue weighted by Gasteiger charge is -2.24. The maximum absolute atomic E-state index is 13.1. The van der Waals surface area contributed by atoms with E-state index in [0.29, 0.717) is 16.9 Å². The van der Waals surface area contributed by atoms with Crippen molar-refractivity contribution in [2.45, 2.75) is 25.5 Å². The van der Waals surface area contributed by atoms with Gasteiger partial charge < -0.3 is 25.4 Å². The van der Waals surface area contributed by atoms with Crippen LogP contribution in [0.15, 0.2) is 18.2 Å². The predicted octanol–water partition coefficient (Wildman–Crippen LogP) is 1.80. The Morgan fingerprint density at radius 2 is 1.85 bits per heavy atom. The minimum absolute atomic E-state index is 0.00439. The van der Waals surface area contributed by atoms with Gasteiger partial charge in [-0.05, 0) is 43.1 Å². The van der Waals surface area contributed by atoms with Gasteiger partial charge in [-0.3, -0.25) is 9.59 Å². The van der Waals surface area contributed by atoms with Gasteiger partial charge in [0.1, 0.15) is 17.2 Å². The van der Waals surface area contributed by atoms with Crippen molar-refractivity contribution in [3.63, 3.8) is 0 Å². The zero-order valence-corrected chi connectivity index (χ0v) is 14.7. The maximum atomic E-state index is 13.1. The van der Waals surface area contributed by atoms with Crippen LogP contribution in [0.5, 0.6) is 17.2 Å². The quantitative estimate of drug-likeness (QED) is 0.556. The normalized spacial score (nSPS) is 18.4. The van der Waals surface area contributed by atoms with Crippen LogP contribution in [0.3, 0.4) is 0 Å². The molecule has 2 aromatic rings. The molecule has 0 radical (unpaired) electrons. The third-order valence-corrected chi connectivity index (χ3v) is 5.23. The fourth-order valence-corrected chi connectivity index (χ4v) is 3.97. The number of fused-ring (bicyclic) bond motifs is 2. The molecule has 0 spiro atoms. The van der Waals surface area contributed by atoms with E-state index in [2.05, 4.69) is 5.32 Å². The number of benzene rings is 2. The van der Waals surface area contributed by atoms with Gasteiger partial charge in [-0.1, -0.05) is 0 Å². The van der Waals surface area contributed by atoms with Crippen LogP contribution in [0.2, 0.25) is 0 Å². The van der Waals surface area contributed by atoms with Crippen molar-refractivity contribution >= 4 is 11.6 Å². The number of ether oxygens (including phenoxy) is 1. The molecule has 27 heavy (non-hydrogen) atoms. The fourth-order valence-electron chi connectivity index (χ4n) is 3.97. The molecular formula is C20H19NO6. The summed E-state index contributed by atoms with van der Waals surface area (Å²) in [6.07, 6.45) is 1.69. The van der Waals surface area contributed by atoms with Gasteiger partial charge in [0.15, 0.2) is 5.78 Å². The Kier molecular flexibility index (Phi) is 4.13. The molecule has 0 amide bonds. The van der Waals surface area contributed by atoms with E-state index in [1.807, 2.05) is 0 Å². The van der Waals surface area contributed by atoms with Crippen molar-refractivity contribution in [3.05, 3.63) is 51.6 Å². The van der Waals surface area contributed by atoms with E-state index in [9.17, 15) is 24.9 Å². The van der Waals surface area contributed by atoms with E-state index in [1.54, 1.807) is 0 Å². The summed E-state index contributed by atoms with van der Waals surface area (Å²) in [7, 11) is 1.44. The second-order valence-electron chi connectivity index (χ2n) is 6.77. The molecule has 1 fully saturated rings. The van der Waals surface area contributed by atoms with Gasteiger partial charge in [0.2, 0.25) is 5.78 Å². The van der Waals surface area contributed by atoms with Gasteiger partial charge in [-0.2, -0.15) is 0 Å². The number of methoxy groups -OCH3 is 1. The lowest BCUT2D eigenvalue weighted by atomic mass is 9.80. The number of nitrogens with one attached hydrogen (secondary N) is 1. The number of rotatable bonds is 3. The SMILES string of the molecule is COc1cc2c(c(O)c1[C@H]1CCCN1)C(=O)c1c(O)cc(CO)cc1C2=O.